The lowest BCUT2D eigenvalue weighted by Gasteiger charge is -2.26. The van der Waals surface area contributed by atoms with Gasteiger partial charge in [-0.25, -0.2) is 13.8 Å². The molecule has 0 unspecified atom stereocenters. The SMILES string of the molecule is COc1ccc(/C=N/NC(=O)c2ccccc2N(Cc2ccccc2)S(=O)(=O)c2ccccc2)cc1OC. The lowest BCUT2D eigenvalue weighted by atomic mass is 10.1. The molecule has 0 aliphatic heterocycles. The number of benzene rings is 4. The second-order valence-electron chi connectivity index (χ2n) is 8.14. The lowest BCUT2D eigenvalue weighted by molar-refractivity contribution is 0.0955. The van der Waals surface area contributed by atoms with E-state index in [1.165, 1.54) is 29.8 Å². The van der Waals surface area contributed by atoms with E-state index in [4.69, 9.17) is 9.47 Å². The number of nitrogens with one attached hydrogen (secondary N) is 1. The van der Waals surface area contributed by atoms with Crippen LogP contribution in [-0.4, -0.2) is 34.8 Å². The van der Waals surface area contributed by atoms with Gasteiger partial charge in [-0.1, -0.05) is 60.7 Å². The number of methoxy groups -OCH3 is 2. The molecule has 0 heterocycles. The molecule has 0 bridgehead atoms. The predicted octanol–water partition coefficient (Wildman–Crippen LogP) is 4.86. The Balaban J connectivity index is 1.66. The van der Waals surface area contributed by atoms with Crippen LogP contribution in [0.4, 0.5) is 5.69 Å². The molecule has 0 saturated heterocycles. The highest BCUT2D eigenvalue weighted by Gasteiger charge is 2.28. The summed E-state index contributed by atoms with van der Waals surface area (Å²) in [6.07, 6.45) is 1.46. The summed E-state index contributed by atoms with van der Waals surface area (Å²) in [5, 5.41) is 4.06. The second kappa shape index (κ2) is 12.1. The third kappa shape index (κ3) is 6.01. The van der Waals surface area contributed by atoms with Crippen molar-refractivity contribution in [2.45, 2.75) is 11.4 Å². The van der Waals surface area contributed by atoms with Crippen molar-refractivity contribution in [2.75, 3.05) is 18.5 Å². The fraction of sp³-hybridized carbons (Fsp3) is 0.103. The van der Waals surface area contributed by atoms with Crippen LogP contribution in [0.15, 0.2) is 113 Å². The summed E-state index contributed by atoms with van der Waals surface area (Å²) in [7, 11) is -0.923. The zero-order valence-electron chi connectivity index (χ0n) is 20.9. The van der Waals surface area contributed by atoms with Gasteiger partial charge in [-0.05, 0) is 53.6 Å². The highest BCUT2D eigenvalue weighted by molar-refractivity contribution is 7.92. The number of hydrogen-bond donors (Lipinski definition) is 1. The Bertz CT molecular complexity index is 1520. The molecular weight excluding hydrogens is 502 g/mol. The highest BCUT2D eigenvalue weighted by atomic mass is 32.2. The maximum absolute atomic E-state index is 13.8. The van der Waals surface area contributed by atoms with E-state index in [2.05, 4.69) is 10.5 Å². The minimum Gasteiger partial charge on any atom is -0.493 e. The number of amides is 1. The third-order valence-electron chi connectivity index (χ3n) is 5.70. The zero-order valence-corrected chi connectivity index (χ0v) is 21.8. The summed E-state index contributed by atoms with van der Waals surface area (Å²) >= 11 is 0. The lowest BCUT2D eigenvalue weighted by Crippen LogP contribution is -2.33. The molecule has 1 amide bonds. The van der Waals surface area contributed by atoms with Crippen LogP contribution in [-0.2, 0) is 16.6 Å². The van der Waals surface area contributed by atoms with Crippen molar-refractivity contribution >= 4 is 27.8 Å². The molecule has 4 rings (SSSR count). The van der Waals surface area contributed by atoms with Crippen molar-refractivity contribution in [1.82, 2.24) is 5.43 Å². The van der Waals surface area contributed by atoms with Crippen molar-refractivity contribution in [3.05, 3.63) is 120 Å². The van der Waals surface area contributed by atoms with Crippen LogP contribution in [0.2, 0.25) is 0 Å². The van der Waals surface area contributed by atoms with Crippen LogP contribution in [0.5, 0.6) is 11.5 Å². The Morgan fingerprint density at radius 1 is 0.842 bits per heavy atom. The summed E-state index contributed by atoms with van der Waals surface area (Å²) in [5.41, 5.74) is 4.34. The largest absolute Gasteiger partial charge is 0.493 e. The summed E-state index contributed by atoms with van der Waals surface area (Å²) in [5.74, 6) is 0.537. The average molecular weight is 530 g/mol. The van der Waals surface area contributed by atoms with Crippen LogP contribution < -0.4 is 19.2 Å². The number of carbonyl (C=O) groups excluding carboxylic acids is 1. The van der Waals surface area contributed by atoms with E-state index in [9.17, 15) is 13.2 Å². The minimum absolute atomic E-state index is 0.0390. The normalized spacial score (nSPS) is 11.2. The highest BCUT2D eigenvalue weighted by Crippen LogP contribution is 2.29. The Kier molecular flexibility index (Phi) is 8.40. The van der Waals surface area contributed by atoms with Gasteiger partial charge in [-0.2, -0.15) is 5.10 Å². The van der Waals surface area contributed by atoms with Crippen molar-refractivity contribution in [3.63, 3.8) is 0 Å². The quantitative estimate of drug-likeness (QED) is 0.234. The van der Waals surface area contributed by atoms with Gasteiger partial charge in [0.25, 0.3) is 15.9 Å². The van der Waals surface area contributed by atoms with E-state index < -0.39 is 15.9 Å². The first-order chi connectivity index (χ1) is 18.4. The number of nitrogens with zero attached hydrogens (tertiary/aromatic N) is 2. The van der Waals surface area contributed by atoms with Crippen molar-refractivity contribution in [3.8, 4) is 11.5 Å². The molecule has 0 atom stereocenters. The zero-order chi connectivity index (χ0) is 27.0. The fourth-order valence-corrected chi connectivity index (χ4v) is 5.30. The number of hydrogen-bond acceptors (Lipinski definition) is 6. The van der Waals surface area contributed by atoms with E-state index in [-0.39, 0.29) is 22.7 Å². The van der Waals surface area contributed by atoms with Crippen LogP contribution in [0.3, 0.4) is 0 Å². The van der Waals surface area contributed by atoms with Gasteiger partial charge >= 0.3 is 0 Å². The predicted molar refractivity (Wildman–Crippen MR) is 147 cm³/mol. The van der Waals surface area contributed by atoms with Gasteiger partial charge in [-0.3, -0.25) is 9.10 Å². The van der Waals surface area contributed by atoms with E-state index in [1.54, 1.807) is 67.8 Å². The molecule has 0 saturated carbocycles. The molecule has 9 heteroatoms. The standard InChI is InChI=1S/C29H27N3O5S/c1-36-27-18-17-23(19-28(27)37-2)20-30-31-29(33)25-15-9-10-16-26(25)32(21-22-11-5-3-6-12-22)38(34,35)24-13-7-4-8-14-24/h3-20H,21H2,1-2H3,(H,31,33)/b30-20+. The van der Waals surface area contributed by atoms with Crippen LogP contribution in [0.25, 0.3) is 0 Å². The maximum atomic E-state index is 13.8. The molecule has 0 aromatic heterocycles. The summed E-state index contributed by atoms with van der Waals surface area (Å²) < 4.78 is 39.3. The monoisotopic (exact) mass is 529 g/mol. The van der Waals surface area contributed by atoms with E-state index in [0.717, 1.165) is 5.56 Å². The molecule has 38 heavy (non-hydrogen) atoms. The van der Waals surface area contributed by atoms with Crippen molar-refractivity contribution in [1.29, 1.82) is 0 Å². The van der Waals surface area contributed by atoms with Gasteiger partial charge in [-0.15, -0.1) is 0 Å². The Hall–Kier alpha value is -4.63. The fourth-order valence-electron chi connectivity index (χ4n) is 3.81. The molecule has 0 aliphatic rings. The molecule has 8 nitrogen and oxygen atoms in total. The second-order valence-corrected chi connectivity index (χ2v) is 10.0. The average Bonchev–Trinajstić information content (AvgIpc) is 2.96. The van der Waals surface area contributed by atoms with E-state index in [0.29, 0.717) is 17.1 Å². The number of hydrazone groups is 1. The topological polar surface area (TPSA) is 97.3 Å². The van der Waals surface area contributed by atoms with Gasteiger partial charge in [0.2, 0.25) is 0 Å². The third-order valence-corrected chi connectivity index (χ3v) is 7.48. The maximum Gasteiger partial charge on any atom is 0.273 e. The van der Waals surface area contributed by atoms with Crippen LogP contribution in [0, 0.1) is 0 Å². The first kappa shape index (κ1) is 26.4. The van der Waals surface area contributed by atoms with Gasteiger partial charge in [0.05, 0.1) is 43.1 Å². The van der Waals surface area contributed by atoms with Crippen molar-refractivity contribution < 1.29 is 22.7 Å². The molecule has 0 aliphatic carbocycles. The van der Waals surface area contributed by atoms with Gasteiger partial charge < -0.3 is 9.47 Å². The Labute approximate surface area is 222 Å². The van der Waals surface area contributed by atoms with Gasteiger partial charge in [0.1, 0.15) is 0 Å². The molecule has 194 valence electrons. The number of ether oxygens (including phenoxy) is 2. The molecular formula is C29H27N3O5S. The smallest absolute Gasteiger partial charge is 0.273 e. The molecule has 0 fully saturated rings. The minimum atomic E-state index is -4.00. The number of sulfonamides is 1. The number of para-hydroxylation sites is 1. The van der Waals surface area contributed by atoms with E-state index in [1.807, 2.05) is 30.3 Å². The summed E-state index contributed by atoms with van der Waals surface area (Å²) in [6, 6.07) is 29.1. The van der Waals surface area contributed by atoms with Crippen LogP contribution >= 0.6 is 0 Å². The first-order valence-corrected chi connectivity index (χ1v) is 13.1. The molecule has 0 spiro atoms. The van der Waals surface area contributed by atoms with E-state index >= 15 is 0 Å². The van der Waals surface area contributed by atoms with Gasteiger partial charge in [0.15, 0.2) is 11.5 Å². The molecule has 4 aromatic carbocycles. The summed E-state index contributed by atoms with van der Waals surface area (Å²) in [6.45, 7) is 0.0390. The van der Waals surface area contributed by atoms with Gasteiger partial charge in [0, 0.05) is 0 Å². The van der Waals surface area contributed by atoms with Crippen LogP contribution in [0.1, 0.15) is 21.5 Å². The molecule has 1 N–H and O–H groups in total. The number of rotatable bonds is 10. The van der Waals surface area contributed by atoms with Crippen molar-refractivity contribution in [2.24, 2.45) is 5.10 Å². The Morgan fingerprint density at radius 2 is 1.47 bits per heavy atom. The summed E-state index contributed by atoms with van der Waals surface area (Å²) in [4.78, 5) is 13.3. The number of anilines is 1. The molecule has 0 radical (unpaired) electrons. The molecule has 4 aromatic rings. The number of carbonyl (C=O) groups is 1. The Morgan fingerprint density at radius 3 is 2.16 bits per heavy atom. The first-order valence-electron chi connectivity index (χ1n) is 11.7.